The maximum Gasteiger partial charge on any atom is 0.137 e. The van der Waals surface area contributed by atoms with Crippen LogP contribution in [0.3, 0.4) is 0 Å². The Balaban J connectivity index is 1.82. The van der Waals surface area contributed by atoms with Gasteiger partial charge in [0, 0.05) is 18.3 Å². The Hall–Kier alpha value is -1.15. The van der Waals surface area contributed by atoms with Crippen molar-refractivity contribution in [3.05, 3.63) is 34.4 Å². The molecule has 1 N–H and O–H groups in total. The van der Waals surface area contributed by atoms with Crippen molar-refractivity contribution >= 4 is 5.78 Å². The molecule has 0 aliphatic heterocycles. The van der Waals surface area contributed by atoms with Crippen LogP contribution in [-0.2, 0) is 24.1 Å². The van der Waals surface area contributed by atoms with Crippen LogP contribution in [0.4, 0.5) is 0 Å². The number of hydrogen-bond donors (Lipinski definition) is 1. The Morgan fingerprint density at radius 3 is 2.85 bits per heavy atom. The van der Waals surface area contributed by atoms with Gasteiger partial charge in [0.1, 0.15) is 5.78 Å². The van der Waals surface area contributed by atoms with Gasteiger partial charge in [0.05, 0.1) is 6.10 Å². The van der Waals surface area contributed by atoms with Crippen LogP contribution in [0.15, 0.2) is 12.1 Å². The molecule has 1 aromatic carbocycles. The van der Waals surface area contributed by atoms with Crippen molar-refractivity contribution in [1.82, 2.24) is 0 Å². The third-order valence-electron chi connectivity index (χ3n) is 6.18. The third kappa shape index (κ3) is 1.57. The molecule has 0 aromatic heterocycles. The van der Waals surface area contributed by atoms with Gasteiger partial charge in [-0.3, -0.25) is 4.79 Å². The fourth-order valence-corrected chi connectivity index (χ4v) is 4.89. The topological polar surface area (TPSA) is 37.3 Å². The maximum absolute atomic E-state index is 11.6. The molecule has 0 bridgehead atoms. The SMILES string of the molecule is C[C@]12CCc3c(ccc4c3CCC(=O)C4)[C@@H]1CC[C@H]2O. The summed E-state index contributed by atoms with van der Waals surface area (Å²) in [5, 5.41) is 10.3. The largest absolute Gasteiger partial charge is 0.393 e. The third-order valence-corrected chi connectivity index (χ3v) is 6.18. The summed E-state index contributed by atoms with van der Waals surface area (Å²) in [6.07, 6.45) is 6.37. The zero-order valence-electron chi connectivity index (χ0n) is 12.1. The predicted octanol–water partition coefficient (Wildman–Crippen LogP) is 2.94. The Kier molecular flexibility index (Phi) is 2.62. The number of hydrogen-bond acceptors (Lipinski definition) is 2. The van der Waals surface area contributed by atoms with Crippen molar-refractivity contribution < 1.29 is 9.90 Å². The summed E-state index contributed by atoms with van der Waals surface area (Å²) in [6.45, 7) is 2.27. The van der Waals surface area contributed by atoms with Gasteiger partial charge in [-0.1, -0.05) is 19.1 Å². The molecular weight excluding hydrogens is 248 g/mol. The maximum atomic E-state index is 11.6. The van der Waals surface area contributed by atoms with E-state index >= 15 is 0 Å². The van der Waals surface area contributed by atoms with Crippen molar-refractivity contribution in [2.24, 2.45) is 5.41 Å². The zero-order chi connectivity index (χ0) is 13.9. The molecule has 1 fully saturated rings. The van der Waals surface area contributed by atoms with Crippen LogP contribution in [0.1, 0.15) is 60.8 Å². The number of aliphatic hydroxyl groups excluding tert-OH is 1. The van der Waals surface area contributed by atoms with E-state index in [0.29, 0.717) is 24.5 Å². The van der Waals surface area contributed by atoms with Crippen LogP contribution in [-0.4, -0.2) is 17.0 Å². The number of benzene rings is 1. The minimum Gasteiger partial charge on any atom is -0.393 e. The van der Waals surface area contributed by atoms with Crippen molar-refractivity contribution in [1.29, 1.82) is 0 Å². The highest BCUT2D eigenvalue weighted by Crippen LogP contribution is 2.56. The predicted molar refractivity (Wildman–Crippen MR) is 77.9 cm³/mol. The molecule has 2 nitrogen and oxygen atoms in total. The van der Waals surface area contributed by atoms with Gasteiger partial charge in [0.15, 0.2) is 0 Å². The van der Waals surface area contributed by atoms with Gasteiger partial charge in [-0.2, -0.15) is 0 Å². The summed E-state index contributed by atoms with van der Waals surface area (Å²) in [5.41, 5.74) is 5.80. The van der Waals surface area contributed by atoms with Gasteiger partial charge in [0.25, 0.3) is 0 Å². The minimum atomic E-state index is -0.140. The second-order valence-electron chi connectivity index (χ2n) is 7.14. The number of Topliss-reactive ketones (excluding diaryl/α,β-unsaturated/α-hetero) is 1. The average molecular weight is 270 g/mol. The Morgan fingerprint density at radius 2 is 2.00 bits per heavy atom. The Morgan fingerprint density at radius 1 is 1.15 bits per heavy atom. The molecule has 3 aliphatic carbocycles. The van der Waals surface area contributed by atoms with Gasteiger partial charge in [0.2, 0.25) is 0 Å². The van der Waals surface area contributed by atoms with Crippen LogP contribution in [0, 0.1) is 5.41 Å². The summed E-state index contributed by atoms with van der Waals surface area (Å²) in [5.74, 6) is 0.901. The summed E-state index contributed by atoms with van der Waals surface area (Å²) >= 11 is 0. The highest BCUT2D eigenvalue weighted by molar-refractivity contribution is 5.83. The molecule has 0 radical (unpaired) electrons. The van der Waals surface area contributed by atoms with Crippen molar-refractivity contribution in [3.63, 3.8) is 0 Å². The normalized spacial score (nSPS) is 35.4. The van der Waals surface area contributed by atoms with Gasteiger partial charge < -0.3 is 5.11 Å². The van der Waals surface area contributed by atoms with E-state index in [4.69, 9.17) is 0 Å². The first kappa shape index (κ1) is 12.6. The standard InChI is InChI=1S/C18H22O2/c1-18-9-8-14-13-5-3-12(19)10-11(13)2-4-15(14)16(18)6-7-17(18)20/h2,4,16-17,20H,3,5-10H2,1H3/t16-,17+,18-/m0/s1. The van der Waals surface area contributed by atoms with Crippen LogP contribution < -0.4 is 0 Å². The van der Waals surface area contributed by atoms with E-state index in [1.807, 2.05) is 0 Å². The summed E-state index contributed by atoms with van der Waals surface area (Å²) < 4.78 is 0. The smallest absolute Gasteiger partial charge is 0.137 e. The van der Waals surface area contributed by atoms with Crippen LogP contribution in [0.25, 0.3) is 0 Å². The number of rotatable bonds is 0. The van der Waals surface area contributed by atoms with Crippen molar-refractivity contribution in [2.45, 2.75) is 63.9 Å². The average Bonchev–Trinajstić information content (AvgIpc) is 2.74. The fraction of sp³-hybridized carbons (Fsp3) is 0.611. The first-order valence-electron chi connectivity index (χ1n) is 7.93. The lowest BCUT2D eigenvalue weighted by Gasteiger charge is -2.41. The number of carbonyl (C=O) groups is 1. The molecule has 0 amide bonds. The van der Waals surface area contributed by atoms with E-state index < -0.39 is 0 Å². The van der Waals surface area contributed by atoms with Crippen molar-refractivity contribution in [3.8, 4) is 0 Å². The number of aliphatic hydroxyl groups is 1. The van der Waals surface area contributed by atoms with Crippen molar-refractivity contribution in [2.75, 3.05) is 0 Å². The molecule has 3 atom stereocenters. The first-order chi connectivity index (χ1) is 9.59. The van der Waals surface area contributed by atoms with E-state index in [1.165, 1.54) is 22.3 Å². The molecule has 0 spiro atoms. The van der Waals surface area contributed by atoms with E-state index in [-0.39, 0.29) is 11.5 Å². The van der Waals surface area contributed by atoms with E-state index in [1.54, 1.807) is 0 Å². The Bertz CT molecular complexity index is 589. The lowest BCUT2D eigenvalue weighted by Crippen LogP contribution is -2.36. The molecule has 0 heterocycles. The molecular formula is C18H22O2. The van der Waals surface area contributed by atoms with Gasteiger partial charge in [-0.05, 0) is 60.3 Å². The first-order valence-corrected chi connectivity index (χ1v) is 7.93. The molecule has 106 valence electrons. The molecule has 2 heteroatoms. The summed E-state index contributed by atoms with van der Waals surface area (Å²) in [4.78, 5) is 11.6. The summed E-state index contributed by atoms with van der Waals surface area (Å²) in [6, 6.07) is 4.44. The molecule has 3 aliphatic rings. The lowest BCUT2D eigenvalue weighted by atomic mass is 9.64. The molecule has 4 rings (SSSR count). The Labute approximate surface area is 120 Å². The van der Waals surface area contributed by atoms with Gasteiger partial charge >= 0.3 is 0 Å². The molecule has 1 aromatic rings. The van der Waals surface area contributed by atoms with Crippen LogP contribution in [0.2, 0.25) is 0 Å². The quantitative estimate of drug-likeness (QED) is 0.787. The van der Waals surface area contributed by atoms with E-state index in [0.717, 1.165) is 32.1 Å². The lowest BCUT2D eigenvalue weighted by molar-refractivity contribution is -0.118. The van der Waals surface area contributed by atoms with Crippen LogP contribution >= 0.6 is 0 Å². The second kappa shape index (κ2) is 4.17. The highest BCUT2D eigenvalue weighted by atomic mass is 16.3. The number of carbonyl (C=O) groups excluding carboxylic acids is 1. The van der Waals surface area contributed by atoms with Crippen LogP contribution in [0.5, 0.6) is 0 Å². The fourth-order valence-electron chi connectivity index (χ4n) is 4.89. The number of fused-ring (bicyclic) bond motifs is 5. The molecule has 0 unspecified atom stereocenters. The van der Waals surface area contributed by atoms with Gasteiger partial charge in [-0.25, -0.2) is 0 Å². The second-order valence-corrected chi connectivity index (χ2v) is 7.14. The zero-order valence-corrected chi connectivity index (χ0v) is 12.1. The monoisotopic (exact) mass is 270 g/mol. The van der Waals surface area contributed by atoms with E-state index in [9.17, 15) is 9.90 Å². The molecule has 1 saturated carbocycles. The molecule has 0 saturated heterocycles. The summed E-state index contributed by atoms with van der Waals surface area (Å²) in [7, 11) is 0. The minimum absolute atomic E-state index is 0.0751. The molecule has 20 heavy (non-hydrogen) atoms. The highest BCUT2D eigenvalue weighted by Gasteiger charge is 2.49. The van der Waals surface area contributed by atoms with E-state index in [2.05, 4.69) is 19.1 Å². The number of ketones is 1. The van der Waals surface area contributed by atoms with Gasteiger partial charge in [-0.15, -0.1) is 0 Å².